The molecule has 0 aliphatic heterocycles. The number of halogens is 1. The number of benzene rings is 1. The summed E-state index contributed by atoms with van der Waals surface area (Å²) in [5.41, 5.74) is 0.872. The Morgan fingerprint density at radius 2 is 1.83 bits per heavy atom. The fourth-order valence-electron chi connectivity index (χ4n) is 1.89. The lowest BCUT2D eigenvalue weighted by molar-refractivity contribution is 0.128. The molecule has 0 unspecified atom stereocenters. The predicted molar refractivity (Wildman–Crippen MR) is 110 cm³/mol. The van der Waals surface area contributed by atoms with E-state index in [2.05, 4.69) is 29.5 Å². The summed E-state index contributed by atoms with van der Waals surface area (Å²) in [6, 6.07) is 5.63. The molecule has 2 N–H and O–H groups in total. The minimum atomic E-state index is 0. The summed E-state index contributed by atoms with van der Waals surface area (Å²) in [7, 11) is 4.96. The Bertz CT molecular complexity index is 496. The van der Waals surface area contributed by atoms with Gasteiger partial charge in [0.2, 0.25) is 0 Å². The van der Waals surface area contributed by atoms with E-state index >= 15 is 0 Å². The minimum absolute atomic E-state index is 0. The Balaban J connectivity index is 0.00000529. The molecule has 0 radical (unpaired) electrons. The van der Waals surface area contributed by atoms with Gasteiger partial charge in [0, 0.05) is 32.0 Å². The lowest BCUT2D eigenvalue weighted by Crippen LogP contribution is -2.33. The topological polar surface area (TPSA) is 64.1 Å². The molecule has 0 fully saturated rings. The molecule has 24 heavy (non-hydrogen) atoms. The third kappa shape index (κ3) is 8.58. The number of aliphatic imine (C=N–C) groups is 1. The number of methoxy groups -OCH3 is 2. The molecule has 0 bridgehead atoms. The highest BCUT2D eigenvalue weighted by Crippen LogP contribution is 2.29. The Morgan fingerprint density at radius 3 is 2.42 bits per heavy atom. The van der Waals surface area contributed by atoms with Crippen LogP contribution in [0.4, 0.5) is 5.69 Å². The van der Waals surface area contributed by atoms with Crippen LogP contribution in [0.1, 0.15) is 20.3 Å². The number of ether oxygens (including phenoxy) is 3. The highest BCUT2D eigenvalue weighted by molar-refractivity contribution is 14.0. The Hall–Kier alpha value is -1.22. The molecule has 0 aliphatic carbocycles. The molecule has 0 saturated heterocycles. The summed E-state index contributed by atoms with van der Waals surface area (Å²) in [5, 5.41) is 6.43. The van der Waals surface area contributed by atoms with E-state index in [4.69, 9.17) is 14.2 Å². The zero-order valence-corrected chi connectivity index (χ0v) is 17.5. The van der Waals surface area contributed by atoms with Crippen molar-refractivity contribution in [3.8, 4) is 11.5 Å². The van der Waals surface area contributed by atoms with Crippen molar-refractivity contribution in [1.29, 1.82) is 0 Å². The van der Waals surface area contributed by atoms with Gasteiger partial charge in [-0.3, -0.25) is 4.99 Å². The Morgan fingerprint density at radius 1 is 1.12 bits per heavy atom. The van der Waals surface area contributed by atoms with Crippen molar-refractivity contribution < 1.29 is 14.2 Å². The van der Waals surface area contributed by atoms with E-state index in [9.17, 15) is 0 Å². The lowest BCUT2D eigenvalue weighted by atomic mass is 10.1. The van der Waals surface area contributed by atoms with Crippen LogP contribution in [-0.2, 0) is 4.74 Å². The number of nitrogens with zero attached hydrogens (tertiary/aromatic N) is 1. The highest BCUT2D eigenvalue weighted by atomic mass is 127. The summed E-state index contributed by atoms with van der Waals surface area (Å²) in [5.74, 6) is 2.72. The SMILES string of the molecule is CN=C(NCCOCCC(C)C)Nc1ccc(OC)c(OC)c1.I. The number of hydrogen-bond acceptors (Lipinski definition) is 4. The molecule has 6 nitrogen and oxygen atoms in total. The second-order valence-electron chi connectivity index (χ2n) is 5.49. The average Bonchev–Trinajstić information content (AvgIpc) is 2.56. The van der Waals surface area contributed by atoms with Crippen LogP contribution in [0.25, 0.3) is 0 Å². The zero-order chi connectivity index (χ0) is 17.1. The summed E-state index contributed by atoms with van der Waals surface area (Å²) in [4.78, 5) is 4.19. The van der Waals surface area contributed by atoms with Crippen LogP contribution in [0.5, 0.6) is 11.5 Å². The van der Waals surface area contributed by atoms with Crippen LogP contribution in [0.2, 0.25) is 0 Å². The van der Waals surface area contributed by atoms with Crippen molar-refractivity contribution in [2.45, 2.75) is 20.3 Å². The molecule has 1 rings (SSSR count). The molecule has 0 spiro atoms. The maximum atomic E-state index is 5.57. The average molecular weight is 451 g/mol. The number of hydrogen-bond donors (Lipinski definition) is 2. The van der Waals surface area contributed by atoms with Gasteiger partial charge in [-0.1, -0.05) is 13.8 Å². The van der Waals surface area contributed by atoms with Crippen molar-refractivity contribution in [1.82, 2.24) is 5.32 Å². The van der Waals surface area contributed by atoms with E-state index in [-0.39, 0.29) is 24.0 Å². The molecular weight excluding hydrogens is 421 g/mol. The molecule has 0 aromatic heterocycles. The largest absolute Gasteiger partial charge is 0.493 e. The van der Waals surface area contributed by atoms with E-state index in [0.717, 1.165) is 18.7 Å². The number of rotatable bonds is 9. The first-order chi connectivity index (χ1) is 11.1. The number of nitrogens with one attached hydrogen (secondary N) is 2. The molecule has 0 amide bonds. The van der Waals surface area contributed by atoms with Gasteiger partial charge in [-0.25, -0.2) is 0 Å². The zero-order valence-electron chi connectivity index (χ0n) is 15.2. The monoisotopic (exact) mass is 451 g/mol. The Labute approximate surface area is 162 Å². The molecular formula is C17H30IN3O3. The van der Waals surface area contributed by atoms with Crippen LogP contribution >= 0.6 is 24.0 Å². The fourth-order valence-corrected chi connectivity index (χ4v) is 1.89. The van der Waals surface area contributed by atoms with Crippen LogP contribution in [0.3, 0.4) is 0 Å². The van der Waals surface area contributed by atoms with E-state index in [0.29, 0.717) is 36.5 Å². The third-order valence-corrected chi connectivity index (χ3v) is 3.25. The van der Waals surface area contributed by atoms with Crippen LogP contribution in [0.15, 0.2) is 23.2 Å². The molecule has 0 atom stereocenters. The second kappa shape index (κ2) is 13.1. The van der Waals surface area contributed by atoms with Gasteiger partial charge in [-0.2, -0.15) is 0 Å². The third-order valence-electron chi connectivity index (χ3n) is 3.25. The van der Waals surface area contributed by atoms with Crippen LogP contribution in [0, 0.1) is 5.92 Å². The van der Waals surface area contributed by atoms with E-state index in [1.165, 1.54) is 0 Å². The van der Waals surface area contributed by atoms with E-state index in [1.807, 2.05) is 18.2 Å². The second-order valence-corrected chi connectivity index (χ2v) is 5.49. The van der Waals surface area contributed by atoms with Gasteiger partial charge in [0.15, 0.2) is 17.5 Å². The van der Waals surface area contributed by atoms with Gasteiger partial charge < -0.3 is 24.8 Å². The first-order valence-corrected chi connectivity index (χ1v) is 7.88. The van der Waals surface area contributed by atoms with Crippen molar-refractivity contribution in [2.24, 2.45) is 10.9 Å². The van der Waals surface area contributed by atoms with Gasteiger partial charge in [-0.05, 0) is 24.5 Å². The molecule has 138 valence electrons. The van der Waals surface area contributed by atoms with Crippen molar-refractivity contribution in [2.75, 3.05) is 46.3 Å². The Kier molecular flexibility index (Phi) is 12.4. The van der Waals surface area contributed by atoms with Crippen LogP contribution in [-0.4, -0.2) is 47.0 Å². The molecule has 0 aliphatic rings. The van der Waals surface area contributed by atoms with Crippen molar-refractivity contribution in [3.63, 3.8) is 0 Å². The van der Waals surface area contributed by atoms with Crippen molar-refractivity contribution >= 4 is 35.6 Å². The van der Waals surface area contributed by atoms with Gasteiger partial charge >= 0.3 is 0 Å². The number of guanidine groups is 1. The standard InChI is InChI=1S/C17H29N3O3.HI/c1-13(2)8-10-23-11-9-19-17(18-3)20-14-6-7-15(21-4)16(12-14)22-5;/h6-7,12-13H,8-11H2,1-5H3,(H2,18,19,20);1H. The molecule has 7 heteroatoms. The predicted octanol–water partition coefficient (Wildman–Crippen LogP) is 3.37. The summed E-state index contributed by atoms with van der Waals surface area (Å²) in [6.45, 7) is 6.53. The summed E-state index contributed by atoms with van der Waals surface area (Å²) >= 11 is 0. The smallest absolute Gasteiger partial charge is 0.195 e. The van der Waals surface area contributed by atoms with E-state index < -0.39 is 0 Å². The normalized spacial score (nSPS) is 11.0. The van der Waals surface area contributed by atoms with Gasteiger partial charge in [0.25, 0.3) is 0 Å². The minimum Gasteiger partial charge on any atom is -0.493 e. The maximum absolute atomic E-state index is 5.57. The molecule has 0 saturated carbocycles. The summed E-state index contributed by atoms with van der Waals surface area (Å²) in [6.07, 6.45) is 1.08. The number of anilines is 1. The summed E-state index contributed by atoms with van der Waals surface area (Å²) < 4.78 is 16.1. The quantitative estimate of drug-likeness (QED) is 0.261. The first kappa shape index (κ1) is 22.8. The molecule has 1 aromatic carbocycles. The van der Waals surface area contributed by atoms with Crippen LogP contribution < -0.4 is 20.1 Å². The van der Waals surface area contributed by atoms with Crippen molar-refractivity contribution in [3.05, 3.63) is 18.2 Å². The highest BCUT2D eigenvalue weighted by Gasteiger charge is 2.06. The molecule has 1 aromatic rings. The lowest BCUT2D eigenvalue weighted by Gasteiger charge is -2.14. The van der Waals surface area contributed by atoms with Gasteiger partial charge in [0.05, 0.1) is 20.8 Å². The van der Waals surface area contributed by atoms with E-state index in [1.54, 1.807) is 21.3 Å². The molecule has 0 heterocycles. The first-order valence-electron chi connectivity index (χ1n) is 7.88. The van der Waals surface area contributed by atoms with Gasteiger partial charge in [-0.15, -0.1) is 24.0 Å². The fraction of sp³-hybridized carbons (Fsp3) is 0.588. The van der Waals surface area contributed by atoms with Gasteiger partial charge in [0.1, 0.15) is 0 Å². The maximum Gasteiger partial charge on any atom is 0.195 e.